The van der Waals surface area contributed by atoms with Crippen molar-refractivity contribution < 1.29 is 9.90 Å². The lowest BCUT2D eigenvalue weighted by atomic mass is 9.74. The van der Waals surface area contributed by atoms with Gasteiger partial charge in [0.1, 0.15) is 11.7 Å². The average molecular weight is 321 g/mol. The van der Waals surface area contributed by atoms with Crippen molar-refractivity contribution in [2.75, 3.05) is 14.1 Å². The van der Waals surface area contributed by atoms with Gasteiger partial charge in [0.15, 0.2) is 5.78 Å². The third-order valence-electron chi connectivity index (χ3n) is 5.63. The van der Waals surface area contributed by atoms with Gasteiger partial charge in [0, 0.05) is 17.6 Å². The van der Waals surface area contributed by atoms with Gasteiger partial charge in [-0.1, -0.05) is 44.2 Å². The van der Waals surface area contributed by atoms with Crippen LogP contribution in [0, 0.1) is 5.41 Å². The molecule has 24 heavy (non-hydrogen) atoms. The highest BCUT2D eigenvalue weighted by Crippen LogP contribution is 2.52. The summed E-state index contributed by atoms with van der Waals surface area (Å²) in [4.78, 5) is 12.9. The van der Waals surface area contributed by atoms with Crippen LogP contribution in [-0.4, -0.2) is 19.9 Å². The molecule has 0 aromatic heterocycles. The van der Waals surface area contributed by atoms with Crippen LogP contribution in [0.4, 0.5) is 5.69 Å². The van der Waals surface area contributed by atoms with Crippen molar-refractivity contribution in [3.05, 3.63) is 53.3 Å². The summed E-state index contributed by atoms with van der Waals surface area (Å²) in [5, 5.41) is 15.3. The lowest BCUT2D eigenvalue weighted by molar-refractivity contribution is -0.313. The van der Waals surface area contributed by atoms with E-state index in [-0.39, 0.29) is 23.0 Å². The van der Waals surface area contributed by atoms with Gasteiger partial charge in [0.05, 0.1) is 19.5 Å². The third-order valence-corrected chi connectivity index (χ3v) is 5.63. The number of ketones is 1. The molecule has 0 N–H and O–H groups in total. The first-order valence-electron chi connectivity index (χ1n) is 8.51. The topological polar surface area (TPSA) is 40.1 Å². The van der Waals surface area contributed by atoms with E-state index < -0.39 is 0 Å². The summed E-state index contributed by atoms with van der Waals surface area (Å²) >= 11 is 0. The zero-order chi connectivity index (χ0) is 17.3. The molecular weight excluding hydrogens is 298 g/mol. The van der Waals surface area contributed by atoms with E-state index in [1.807, 2.05) is 19.9 Å². The number of Topliss-reactive ketones (excluding diaryl/α,β-unsaturated/α-hetero) is 1. The van der Waals surface area contributed by atoms with E-state index in [1.165, 1.54) is 16.5 Å². The van der Waals surface area contributed by atoms with Crippen LogP contribution >= 0.6 is 0 Å². The third kappa shape index (κ3) is 1.97. The predicted molar refractivity (Wildman–Crippen MR) is 95.4 cm³/mol. The fraction of sp³-hybridized carbons (Fsp3) is 0.381. The van der Waals surface area contributed by atoms with Crippen LogP contribution < -0.4 is 9.59 Å². The number of rotatable bonds is 1. The quantitative estimate of drug-likeness (QED) is 0.755. The standard InChI is InChI=1S/C21H23NO2/c1-21(2)11-16(23)19(17(24)12-21)20-14-9-5-7-13-8-6-10-15(18(13)14)22(20,3)4/h5-10,20H,11-12H2,1-4H3. The van der Waals surface area contributed by atoms with Gasteiger partial charge < -0.3 is 5.11 Å². The molecule has 1 unspecified atom stereocenters. The van der Waals surface area contributed by atoms with Crippen LogP contribution in [0.1, 0.15) is 38.3 Å². The summed E-state index contributed by atoms with van der Waals surface area (Å²) in [5.41, 5.74) is 2.57. The van der Waals surface area contributed by atoms with Gasteiger partial charge in [-0.05, 0) is 23.3 Å². The highest BCUT2D eigenvalue weighted by atomic mass is 16.3. The molecule has 0 amide bonds. The summed E-state index contributed by atoms with van der Waals surface area (Å²) in [5.74, 6) is 0.0505. The molecule has 0 spiro atoms. The molecule has 1 aliphatic heterocycles. The largest absolute Gasteiger partial charge is 0.875 e. The molecule has 124 valence electrons. The minimum atomic E-state index is -0.230. The summed E-state index contributed by atoms with van der Waals surface area (Å²) in [6.07, 6.45) is 0.911. The summed E-state index contributed by atoms with van der Waals surface area (Å²) in [6, 6.07) is 12.3. The first-order valence-corrected chi connectivity index (χ1v) is 8.51. The smallest absolute Gasteiger partial charge is 0.164 e. The Hall–Kier alpha value is -2.13. The van der Waals surface area contributed by atoms with E-state index >= 15 is 0 Å². The molecule has 1 aliphatic carbocycles. The van der Waals surface area contributed by atoms with Gasteiger partial charge in [-0.2, -0.15) is 0 Å². The minimum absolute atomic E-state index is 0.0252. The average Bonchev–Trinajstić information content (AvgIpc) is 2.69. The molecule has 2 aliphatic rings. The molecule has 2 aromatic carbocycles. The van der Waals surface area contributed by atoms with Crippen LogP contribution in [0.5, 0.6) is 0 Å². The molecule has 4 rings (SSSR count). The minimum Gasteiger partial charge on any atom is -0.875 e. The van der Waals surface area contributed by atoms with Gasteiger partial charge >= 0.3 is 0 Å². The Morgan fingerprint density at radius 3 is 2.42 bits per heavy atom. The van der Waals surface area contributed by atoms with Gasteiger partial charge in [-0.3, -0.25) is 9.28 Å². The number of hydrogen-bond donors (Lipinski definition) is 0. The van der Waals surface area contributed by atoms with E-state index in [0.29, 0.717) is 22.9 Å². The Bertz CT molecular complexity index is 900. The zero-order valence-electron chi connectivity index (χ0n) is 14.7. The number of benzene rings is 2. The Morgan fingerprint density at radius 1 is 1.08 bits per heavy atom. The fourth-order valence-electron chi connectivity index (χ4n) is 4.61. The van der Waals surface area contributed by atoms with Gasteiger partial charge in [0.2, 0.25) is 0 Å². The SMILES string of the molecule is CC1(C)CC(=O)C(C2c3cccc4cccc(c34)[N+]2(C)C)=C([O-])C1. The number of carbonyl (C=O) groups excluding carboxylic acids is 1. The Labute approximate surface area is 142 Å². The maximum absolute atomic E-state index is 12.9. The lowest BCUT2D eigenvalue weighted by Gasteiger charge is -2.41. The van der Waals surface area contributed by atoms with E-state index in [4.69, 9.17) is 0 Å². The van der Waals surface area contributed by atoms with E-state index in [0.717, 1.165) is 5.56 Å². The van der Waals surface area contributed by atoms with Gasteiger partial charge in [-0.25, -0.2) is 0 Å². The second-order valence-corrected chi connectivity index (χ2v) is 8.44. The molecular formula is C21H23NO2. The molecule has 1 heterocycles. The highest BCUT2D eigenvalue weighted by Gasteiger charge is 2.47. The van der Waals surface area contributed by atoms with Crippen molar-refractivity contribution in [2.24, 2.45) is 5.41 Å². The molecule has 2 aromatic rings. The monoisotopic (exact) mass is 321 g/mol. The highest BCUT2D eigenvalue weighted by molar-refractivity contribution is 6.04. The van der Waals surface area contributed by atoms with Crippen LogP contribution in [0.2, 0.25) is 0 Å². The van der Waals surface area contributed by atoms with E-state index in [1.54, 1.807) is 0 Å². The molecule has 1 atom stereocenters. The lowest BCUT2D eigenvalue weighted by Crippen LogP contribution is -2.46. The molecule has 0 saturated carbocycles. The fourth-order valence-corrected chi connectivity index (χ4v) is 4.61. The maximum atomic E-state index is 12.9. The number of quaternary nitrogens is 1. The summed E-state index contributed by atoms with van der Waals surface area (Å²) in [7, 11) is 4.21. The molecule has 3 nitrogen and oxygen atoms in total. The van der Waals surface area contributed by atoms with E-state index in [2.05, 4.69) is 44.4 Å². The maximum Gasteiger partial charge on any atom is 0.164 e. The van der Waals surface area contributed by atoms with Crippen LogP contribution in [-0.2, 0) is 4.79 Å². The van der Waals surface area contributed by atoms with Crippen LogP contribution in [0.3, 0.4) is 0 Å². The second-order valence-electron chi connectivity index (χ2n) is 8.44. The second kappa shape index (κ2) is 4.70. The Morgan fingerprint density at radius 2 is 1.75 bits per heavy atom. The number of hydrogen-bond acceptors (Lipinski definition) is 2. The summed E-state index contributed by atoms with van der Waals surface area (Å²) < 4.78 is 0.532. The van der Waals surface area contributed by atoms with Gasteiger partial charge in [0.25, 0.3) is 0 Å². The van der Waals surface area contributed by atoms with Crippen molar-refractivity contribution in [3.63, 3.8) is 0 Å². The number of likely N-dealkylation sites (N-methyl/N-ethyl adjacent to an activating group) is 1. The number of allylic oxidation sites excluding steroid dienone is 1. The Balaban J connectivity index is 1.98. The zero-order valence-corrected chi connectivity index (χ0v) is 14.7. The normalized spacial score (nSPS) is 24.7. The van der Waals surface area contributed by atoms with Crippen LogP contribution in [0.15, 0.2) is 47.7 Å². The first-order chi connectivity index (χ1) is 11.2. The summed E-state index contributed by atoms with van der Waals surface area (Å²) in [6.45, 7) is 4.01. The van der Waals surface area contributed by atoms with Crippen molar-refractivity contribution in [1.29, 1.82) is 0 Å². The number of nitrogens with zero attached hydrogens (tertiary/aromatic N) is 1. The van der Waals surface area contributed by atoms with Crippen molar-refractivity contribution in [1.82, 2.24) is 4.48 Å². The number of carbonyl (C=O) groups is 1. The van der Waals surface area contributed by atoms with Crippen molar-refractivity contribution in [2.45, 2.75) is 32.7 Å². The predicted octanol–water partition coefficient (Wildman–Crippen LogP) is 3.46. The molecule has 0 radical (unpaired) electrons. The van der Waals surface area contributed by atoms with Gasteiger partial charge in [-0.15, -0.1) is 5.76 Å². The molecule has 0 bridgehead atoms. The van der Waals surface area contributed by atoms with Crippen molar-refractivity contribution in [3.8, 4) is 0 Å². The van der Waals surface area contributed by atoms with Crippen LogP contribution in [0.25, 0.3) is 10.8 Å². The molecule has 0 fully saturated rings. The molecule has 3 heteroatoms. The Kier molecular flexibility index (Phi) is 3.02. The first kappa shape index (κ1) is 15.4. The molecule has 0 saturated heterocycles. The van der Waals surface area contributed by atoms with Crippen molar-refractivity contribution >= 4 is 22.2 Å². The van der Waals surface area contributed by atoms with E-state index in [9.17, 15) is 9.90 Å².